The van der Waals surface area contributed by atoms with E-state index >= 15 is 0 Å². The minimum atomic E-state index is -4.56. The number of benzene rings is 2. The minimum absolute atomic E-state index is 0.0510. The molecule has 0 unspecified atom stereocenters. The number of piperazine rings is 1. The summed E-state index contributed by atoms with van der Waals surface area (Å²) in [4.78, 5) is 23.7. The van der Waals surface area contributed by atoms with Gasteiger partial charge >= 0.3 is 6.18 Å². The van der Waals surface area contributed by atoms with Gasteiger partial charge in [-0.25, -0.2) is 8.42 Å². The summed E-state index contributed by atoms with van der Waals surface area (Å²) < 4.78 is 64.8. The second-order valence-electron chi connectivity index (χ2n) is 6.25. The standard InChI is InChI=1S/C18H16F3N3O4S/c19-18(20,21)13-4-2-5-14(10-13)23-17(26)12-3-1-6-15(9-12)29(27,28)24-8-7-22-16(25)11-24/h1-6,9-10H,7-8,11H2,(H,22,25)(H,23,26). The van der Waals surface area contributed by atoms with Gasteiger partial charge in [-0.15, -0.1) is 0 Å². The molecule has 1 saturated heterocycles. The topological polar surface area (TPSA) is 95.6 Å². The van der Waals surface area contributed by atoms with Crippen LogP contribution < -0.4 is 10.6 Å². The van der Waals surface area contributed by atoms with Crippen molar-refractivity contribution in [2.45, 2.75) is 11.1 Å². The Labute approximate surface area is 164 Å². The van der Waals surface area contributed by atoms with Crippen molar-refractivity contribution in [1.29, 1.82) is 0 Å². The monoisotopic (exact) mass is 427 g/mol. The lowest BCUT2D eigenvalue weighted by Crippen LogP contribution is -2.49. The fourth-order valence-electron chi connectivity index (χ4n) is 2.74. The van der Waals surface area contributed by atoms with Gasteiger partial charge in [0.25, 0.3) is 5.91 Å². The van der Waals surface area contributed by atoms with Gasteiger partial charge < -0.3 is 10.6 Å². The molecule has 2 N–H and O–H groups in total. The molecular weight excluding hydrogens is 411 g/mol. The molecule has 0 saturated carbocycles. The molecule has 7 nitrogen and oxygen atoms in total. The lowest BCUT2D eigenvalue weighted by molar-refractivity contribution is -0.137. The number of hydrogen-bond acceptors (Lipinski definition) is 4. The van der Waals surface area contributed by atoms with Crippen molar-refractivity contribution < 1.29 is 31.2 Å². The van der Waals surface area contributed by atoms with E-state index in [4.69, 9.17) is 0 Å². The molecule has 154 valence electrons. The summed E-state index contributed by atoms with van der Waals surface area (Å²) in [7, 11) is -4.01. The lowest BCUT2D eigenvalue weighted by Gasteiger charge is -2.26. The molecule has 0 bridgehead atoms. The van der Waals surface area contributed by atoms with Gasteiger partial charge in [0.15, 0.2) is 0 Å². The number of carbonyl (C=O) groups is 2. The predicted molar refractivity (Wildman–Crippen MR) is 97.6 cm³/mol. The number of anilines is 1. The molecule has 0 aliphatic carbocycles. The number of hydrogen-bond donors (Lipinski definition) is 2. The van der Waals surface area contributed by atoms with Crippen LogP contribution in [0.4, 0.5) is 18.9 Å². The van der Waals surface area contributed by atoms with Crippen molar-refractivity contribution in [2.24, 2.45) is 0 Å². The summed E-state index contributed by atoms with van der Waals surface area (Å²) in [5, 5.41) is 4.84. The van der Waals surface area contributed by atoms with Crippen molar-refractivity contribution >= 4 is 27.5 Å². The molecule has 11 heteroatoms. The van der Waals surface area contributed by atoms with E-state index in [0.29, 0.717) is 0 Å². The van der Waals surface area contributed by atoms with Crippen LogP contribution in [0, 0.1) is 0 Å². The normalized spacial score (nSPS) is 15.6. The first-order valence-electron chi connectivity index (χ1n) is 8.43. The van der Waals surface area contributed by atoms with E-state index in [-0.39, 0.29) is 35.8 Å². The van der Waals surface area contributed by atoms with Crippen molar-refractivity contribution in [3.05, 3.63) is 59.7 Å². The molecule has 1 aliphatic rings. The zero-order chi connectivity index (χ0) is 21.2. The van der Waals surface area contributed by atoms with Gasteiger partial charge in [0, 0.05) is 24.3 Å². The lowest BCUT2D eigenvalue weighted by atomic mass is 10.1. The van der Waals surface area contributed by atoms with Crippen LogP contribution in [0.2, 0.25) is 0 Å². The summed E-state index contributed by atoms with van der Waals surface area (Å²) in [6.07, 6.45) is -4.56. The third kappa shape index (κ3) is 4.74. The molecule has 2 aromatic carbocycles. The summed E-state index contributed by atoms with van der Waals surface area (Å²) in [6, 6.07) is 9.18. The van der Waals surface area contributed by atoms with E-state index in [1.807, 2.05) is 0 Å². The van der Waals surface area contributed by atoms with Crippen LogP contribution >= 0.6 is 0 Å². The number of rotatable bonds is 4. The van der Waals surface area contributed by atoms with E-state index in [0.717, 1.165) is 28.6 Å². The molecule has 1 heterocycles. The molecule has 2 amide bonds. The molecular formula is C18H16F3N3O4S. The van der Waals surface area contributed by atoms with Gasteiger partial charge in [-0.05, 0) is 36.4 Å². The fraction of sp³-hybridized carbons (Fsp3) is 0.222. The third-order valence-electron chi connectivity index (χ3n) is 4.19. The van der Waals surface area contributed by atoms with E-state index in [9.17, 15) is 31.2 Å². The van der Waals surface area contributed by atoms with E-state index in [2.05, 4.69) is 10.6 Å². The first-order valence-corrected chi connectivity index (χ1v) is 9.87. The highest BCUT2D eigenvalue weighted by Gasteiger charge is 2.31. The second-order valence-corrected chi connectivity index (χ2v) is 8.19. The average Bonchev–Trinajstić information content (AvgIpc) is 2.67. The van der Waals surface area contributed by atoms with Gasteiger partial charge in [0.05, 0.1) is 17.0 Å². The summed E-state index contributed by atoms with van der Waals surface area (Å²) in [6.45, 7) is -0.0640. The van der Waals surface area contributed by atoms with Gasteiger partial charge in [0.2, 0.25) is 15.9 Å². The Kier molecular flexibility index (Phi) is 5.62. The Morgan fingerprint density at radius 2 is 1.83 bits per heavy atom. The van der Waals surface area contributed by atoms with Crippen LogP contribution in [-0.4, -0.2) is 44.2 Å². The Balaban J connectivity index is 1.82. The number of halogens is 3. The van der Waals surface area contributed by atoms with Crippen LogP contribution in [-0.2, 0) is 21.0 Å². The van der Waals surface area contributed by atoms with Gasteiger partial charge in [-0.2, -0.15) is 17.5 Å². The number of nitrogens with one attached hydrogen (secondary N) is 2. The smallest absolute Gasteiger partial charge is 0.354 e. The van der Waals surface area contributed by atoms with E-state index < -0.39 is 33.6 Å². The molecule has 0 atom stereocenters. The first kappa shape index (κ1) is 20.8. The van der Waals surface area contributed by atoms with Crippen LogP contribution in [0.5, 0.6) is 0 Å². The predicted octanol–water partition coefficient (Wildman–Crippen LogP) is 2.08. The van der Waals surface area contributed by atoms with Crippen LogP contribution in [0.1, 0.15) is 15.9 Å². The summed E-state index contributed by atoms with van der Waals surface area (Å²) >= 11 is 0. The highest BCUT2D eigenvalue weighted by atomic mass is 32.2. The van der Waals surface area contributed by atoms with E-state index in [1.165, 1.54) is 24.3 Å². The van der Waals surface area contributed by atoms with Crippen molar-refractivity contribution in [3.8, 4) is 0 Å². The molecule has 1 aliphatic heterocycles. The molecule has 1 fully saturated rings. The molecule has 29 heavy (non-hydrogen) atoms. The summed E-state index contributed by atoms with van der Waals surface area (Å²) in [5.41, 5.74) is -1.05. The average molecular weight is 427 g/mol. The number of carbonyl (C=O) groups excluding carboxylic acids is 2. The number of alkyl halides is 3. The number of amides is 2. The molecule has 2 aromatic rings. The number of nitrogens with zero attached hydrogens (tertiary/aromatic N) is 1. The largest absolute Gasteiger partial charge is 0.416 e. The minimum Gasteiger partial charge on any atom is -0.354 e. The Bertz CT molecular complexity index is 1050. The van der Waals surface area contributed by atoms with Crippen LogP contribution in [0.3, 0.4) is 0 Å². The SMILES string of the molecule is O=C1CN(S(=O)(=O)c2cccc(C(=O)Nc3cccc(C(F)(F)F)c3)c2)CCN1. The molecule has 0 aromatic heterocycles. The van der Waals surface area contributed by atoms with Crippen molar-refractivity contribution in [3.63, 3.8) is 0 Å². The second kappa shape index (κ2) is 7.84. The van der Waals surface area contributed by atoms with Crippen LogP contribution in [0.25, 0.3) is 0 Å². The quantitative estimate of drug-likeness (QED) is 0.781. The van der Waals surface area contributed by atoms with E-state index in [1.54, 1.807) is 0 Å². The highest BCUT2D eigenvalue weighted by Crippen LogP contribution is 2.30. The zero-order valence-corrected chi connectivity index (χ0v) is 15.7. The van der Waals surface area contributed by atoms with Crippen molar-refractivity contribution in [2.75, 3.05) is 25.0 Å². The Morgan fingerprint density at radius 3 is 2.52 bits per heavy atom. The maximum atomic E-state index is 12.8. The Morgan fingerprint density at radius 1 is 1.10 bits per heavy atom. The molecule has 3 rings (SSSR count). The number of sulfonamides is 1. The Hall–Kier alpha value is -2.92. The summed E-state index contributed by atoms with van der Waals surface area (Å²) in [5.74, 6) is -1.20. The maximum absolute atomic E-state index is 12.8. The molecule has 0 radical (unpaired) electrons. The maximum Gasteiger partial charge on any atom is 0.416 e. The van der Waals surface area contributed by atoms with Gasteiger partial charge in [-0.3, -0.25) is 9.59 Å². The van der Waals surface area contributed by atoms with Gasteiger partial charge in [-0.1, -0.05) is 12.1 Å². The van der Waals surface area contributed by atoms with Crippen LogP contribution in [0.15, 0.2) is 53.4 Å². The fourth-order valence-corrected chi connectivity index (χ4v) is 4.19. The first-order chi connectivity index (χ1) is 13.6. The zero-order valence-electron chi connectivity index (χ0n) is 14.9. The van der Waals surface area contributed by atoms with Crippen molar-refractivity contribution in [1.82, 2.24) is 9.62 Å². The van der Waals surface area contributed by atoms with Gasteiger partial charge in [0.1, 0.15) is 0 Å². The highest BCUT2D eigenvalue weighted by molar-refractivity contribution is 7.89. The third-order valence-corrected chi connectivity index (χ3v) is 6.03. The molecule has 0 spiro atoms.